The molecule has 28 heavy (non-hydrogen) atoms. The van der Waals surface area contributed by atoms with Gasteiger partial charge in [0.1, 0.15) is 5.82 Å². The average molecular weight is 378 g/mol. The molecule has 0 radical (unpaired) electrons. The van der Waals surface area contributed by atoms with Crippen molar-refractivity contribution in [2.24, 2.45) is 13.0 Å². The zero-order valence-corrected chi connectivity index (χ0v) is 16.6. The SMILES string of the molecule is Cc1nn(C)c2nc(-c3ccncc3)nc(N(C)CC3CC(C4CC4)NN3)c12. The largest absolute Gasteiger partial charge is 0.357 e. The number of hydrogen-bond donors (Lipinski definition) is 2. The maximum atomic E-state index is 4.94. The van der Waals surface area contributed by atoms with Gasteiger partial charge >= 0.3 is 0 Å². The summed E-state index contributed by atoms with van der Waals surface area (Å²) < 4.78 is 1.84. The van der Waals surface area contributed by atoms with Crippen LogP contribution in [-0.2, 0) is 7.05 Å². The summed E-state index contributed by atoms with van der Waals surface area (Å²) in [6.07, 6.45) is 7.42. The highest BCUT2D eigenvalue weighted by Crippen LogP contribution is 2.36. The summed E-state index contributed by atoms with van der Waals surface area (Å²) in [6, 6.07) is 4.89. The molecule has 0 bridgehead atoms. The van der Waals surface area contributed by atoms with Crippen molar-refractivity contribution in [1.29, 1.82) is 0 Å². The number of nitrogens with one attached hydrogen (secondary N) is 2. The summed E-state index contributed by atoms with van der Waals surface area (Å²) >= 11 is 0. The third kappa shape index (κ3) is 3.12. The van der Waals surface area contributed by atoms with E-state index in [1.807, 2.05) is 30.8 Å². The lowest BCUT2D eigenvalue weighted by molar-refractivity contribution is 0.499. The number of aryl methyl sites for hydroxylation is 2. The van der Waals surface area contributed by atoms with Crippen molar-refractivity contribution in [3.8, 4) is 11.4 Å². The van der Waals surface area contributed by atoms with E-state index in [-0.39, 0.29) is 0 Å². The quantitative estimate of drug-likeness (QED) is 0.700. The molecule has 0 amide bonds. The number of pyridine rings is 1. The average Bonchev–Trinajstić information content (AvgIpc) is 3.39. The molecular weight excluding hydrogens is 352 g/mol. The van der Waals surface area contributed by atoms with Crippen LogP contribution in [0.3, 0.4) is 0 Å². The van der Waals surface area contributed by atoms with E-state index in [9.17, 15) is 0 Å². The first-order valence-electron chi connectivity index (χ1n) is 9.94. The molecule has 1 saturated carbocycles. The van der Waals surface area contributed by atoms with Gasteiger partial charge in [-0.2, -0.15) is 5.10 Å². The molecule has 2 N–H and O–H groups in total. The van der Waals surface area contributed by atoms with Crippen molar-refractivity contribution >= 4 is 16.9 Å². The highest BCUT2D eigenvalue weighted by molar-refractivity contribution is 5.91. The van der Waals surface area contributed by atoms with E-state index in [4.69, 9.17) is 9.97 Å². The second-order valence-corrected chi connectivity index (χ2v) is 8.06. The monoisotopic (exact) mass is 378 g/mol. The minimum atomic E-state index is 0.405. The number of rotatable bonds is 5. The molecule has 2 aliphatic rings. The summed E-state index contributed by atoms with van der Waals surface area (Å²) in [5.41, 5.74) is 9.73. The fourth-order valence-corrected chi connectivity index (χ4v) is 4.22. The zero-order valence-electron chi connectivity index (χ0n) is 16.6. The summed E-state index contributed by atoms with van der Waals surface area (Å²) in [7, 11) is 4.04. The first kappa shape index (κ1) is 17.5. The minimum Gasteiger partial charge on any atom is -0.357 e. The molecule has 1 aliphatic heterocycles. The van der Waals surface area contributed by atoms with E-state index in [0.717, 1.165) is 47.0 Å². The number of fused-ring (bicyclic) bond motifs is 1. The Balaban J connectivity index is 1.50. The highest BCUT2D eigenvalue weighted by Gasteiger charge is 2.37. The Morgan fingerprint density at radius 2 is 1.96 bits per heavy atom. The van der Waals surface area contributed by atoms with Crippen LogP contribution in [-0.4, -0.2) is 50.4 Å². The molecule has 5 rings (SSSR count). The van der Waals surface area contributed by atoms with Gasteiger partial charge in [0.25, 0.3) is 0 Å². The van der Waals surface area contributed by atoms with Gasteiger partial charge in [-0.3, -0.25) is 20.5 Å². The Hall–Kier alpha value is -2.58. The van der Waals surface area contributed by atoms with Crippen LogP contribution in [0.25, 0.3) is 22.4 Å². The van der Waals surface area contributed by atoms with Gasteiger partial charge in [-0.25, -0.2) is 9.97 Å². The van der Waals surface area contributed by atoms with Crippen LogP contribution in [0.2, 0.25) is 0 Å². The summed E-state index contributed by atoms with van der Waals surface area (Å²) in [5.74, 6) is 2.49. The van der Waals surface area contributed by atoms with Crippen LogP contribution in [0.5, 0.6) is 0 Å². The van der Waals surface area contributed by atoms with Crippen LogP contribution >= 0.6 is 0 Å². The van der Waals surface area contributed by atoms with E-state index < -0.39 is 0 Å². The van der Waals surface area contributed by atoms with Gasteiger partial charge in [0.2, 0.25) is 0 Å². The molecule has 1 aliphatic carbocycles. The maximum Gasteiger partial charge on any atom is 0.164 e. The molecule has 2 unspecified atom stereocenters. The molecule has 8 heteroatoms. The van der Waals surface area contributed by atoms with Gasteiger partial charge in [-0.1, -0.05) is 0 Å². The lowest BCUT2D eigenvalue weighted by Gasteiger charge is -2.23. The van der Waals surface area contributed by atoms with E-state index in [1.165, 1.54) is 12.8 Å². The molecule has 8 nitrogen and oxygen atoms in total. The Kier molecular flexibility index (Phi) is 4.25. The Morgan fingerprint density at radius 3 is 2.71 bits per heavy atom. The van der Waals surface area contributed by atoms with Crippen molar-refractivity contribution in [2.45, 2.75) is 38.3 Å². The molecule has 2 atom stereocenters. The number of anilines is 1. The van der Waals surface area contributed by atoms with Crippen LogP contribution in [0.4, 0.5) is 5.82 Å². The molecule has 0 aromatic carbocycles. The van der Waals surface area contributed by atoms with Crippen molar-refractivity contribution < 1.29 is 0 Å². The minimum absolute atomic E-state index is 0.405. The van der Waals surface area contributed by atoms with Crippen LogP contribution in [0.1, 0.15) is 25.0 Å². The van der Waals surface area contributed by atoms with Crippen molar-refractivity contribution in [2.75, 3.05) is 18.5 Å². The number of likely N-dealkylation sites (N-methyl/N-ethyl adjacent to an activating group) is 1. The fourth-order valence-electron chi connectivity index (χ4n) is 4.22. The van der Waals surface area contributed by atoms with Crippen LogP contribution < -0.4 is 15.8 Å². The van der Waals surface area contributed by atoms with Gasteiger partial charge in [0.15, 0.2) is 11.5 Å². The van der Waals surface area contributed by atoms with Crippen molar-refractivity contribution in [1.82, 2.24) is 35.6 Å². The number of aromatic nitrogens is 5. The second kappa shape index (κ2) is 6.79. The third-order valence-corrected chi connectivity index (χ3v) is 5.84. The molecule has 3 aromatic rings. The summed E-state index contributed by atoms with van der Waals surface area (Å²) in [4.78, 5) is 16.1. The second-order valence-electron chi connectivity index (χ2n) is 8.06. The summed E-state index contributed by atoms with van der Waals surface area (Å²) in [5, 5.41) is 5.61. The molecule has 146 valence electrons. The number of hydrogen-bond acceptors (Lipinski definition) is 7. The molecule has 1 saturated heterocycles. The standard InChI is InChI=1S/C20H26N8/c1-12-17-19(27(2)11-15-10-16(25-24-15)13-4-5-13)22-18(14-6-8-21-9-7-14)23-20(17)28(3)26-12/h6-9,13,15-16,24-25H,4-5,10-11H2,1-3H3. The number of nitrogens with zero attached hydrogens (tertiary/aromatic N) is 6. The first-order chi connectivity index (χ1) is 13.6. The Bertz CT molecular complexity index is 994. The van der Waals surface area contributed by atoms with Crippen molar-refractivity contribution in [3.63, 3.8) is 0 Å². The number of hydrazine groups is 1. The molecule has 4 heterocycles. The topological polar surface area (TPSA) is 83.8 Å². The molecular formula is C20H26N8. The lowest BCUT2D eigenvalue weighted by Crippen LogP contribution is -2.40. The highest BCUT2D eigenvalue weighted by atomic mass is 15.4. The van der Waals surface area contributed by atoms with Gasteiger partial charge in [-0.05, 0) is 44.2 Å². The predicted molar refractivity (Wildman–Crippen MR) is 109 cm³/mol. The van der Waals surface area contributed by atoms with Crippen LogP contribution in [0, 0.1) is 12.8 Å². The molecule has 3 aromatic heterocycles. The third-order valence-electron chi connectivity index (χ3n) is 5.84. The van der Waals surface area contributed by atoms with E-state index in [2.05, 4.69) is 32.9 Å². The van der Waals surface area contributed by atoms with Gasteiger partial charge in [-0.15, -0.1) is 0 Å². The first-order valence-corrected chi connectivity index (χ1v) is 9.94. The molecule has 0 spiro atoms. The van der Waals surface area contributed by atoms with E-state index in [1.54, 1.807) is 12.4 Å². The Morgan fingerprint density at radius 1 is 1.18 bits per heavy atom. The Labute approximate surface area is 164 Å². The lowest BCUT2D eigenvalue weighted by atomic mass is 10.1. The van der Waals surface area contributed by atoms with E-state index >= 15 is 0 Å². The summed E-state index contributed by atoms with van der Waals surface area (Å²) in [6.45, 7) is 2.90. The normalized spacial score (nSPS) is 22.1. The van der Waals surface area contributed by atoms with Gasteiger partial charge in [0, 0.05) is 50.7 Å². The smallest absolute Gasteiger partial charge is 0.164 e. The molecule has 2 fully saturated rings. The predicted octanol–water partition coefficient (Wildman–Crippen LogP) is 1.82. The van der Waals surface area contributed by atoms with Crippen LogP contribution in [0.15, 0.2) is 24.5 Å². The maximum absolute atomic E-state index is 4.94. The zero-order chi connectivity index (χ0) is 19.3. The fraction of sp³-hybridized carbons (Fsp3) is 0.500. The van der Waals surface area contributed by atoms with Gasteiger partial charge < -0.3 is 4.90 Å². The van der Waals surface area contributed by atoms with Gasteiger partial charge in [0.05, 0.1) is 11.1 Å². The van der Waals surface area contributed by atoms with E-state index in [0.29, 0.717) is 17.9 Å². The van der Waals surface area contributed by atoms with Crippen molar-refractivity contribution in [3.05, 3.63) is 30.2 Å².